The summed E-state index contributed by atoms with van der Waals surface area (Å²) in [5.41, 5.74) is 5.31. The van der Waals surface area contributed by atoms with Crippen molar-refractivity contribution in [2.45, 2.75) is 32.7 Å². The zero-order valence-electron chi connectivity index (χ0n) is 12.0. The highest BCUT2D eigenvalue weighted by atomic mass is 127. The van der Waals surface area contributed by atoms with Gasteiger partial charge in [-0.3, -0.25) is 0 Å². The summed E-state index contributed by atoms with van der Waals surface area (Å²) in [6.07, 6.45) is 2.68. The van der Waals surface area contributed by atoms with E-state index in [1.54, 1.807) is 0 Å². The molecule has 1 nitrogen and oxygen atoms in total. The molecule has 2 aromatic rings. The van der Waals surface area contributed by atoms with E-state index in [1.165, 1.54) is 38.8 Å². The molecule has 1 aliphatic rings. The van der Waals surface area contributed by atoms with Crippen molar-refractivity contribution in [1.82, 2.24) is 0 Å². The summed E-state index contributed by atoms with van der Waals surface area (Å²) >= 11 is 2.41. The van der Waals surface area contributed by atoms with E-state index in [0.29, 0.717) is 6.04 Å². The van der Waals surface area contributed by atoms with Gasteiger partial charge in [0.1, 0.15) is 0 Å². The van der Waals surface area contributed by atoms with Crippen molar-refractivity contribution in [3.8, 4) is 0 Å². The zero-order chi connectivity index (χ0) is 14.1. The molecule has 0 amide bonds. The van der Waals surface area contributed by atoms with Crippen molar-refractivity contribution >= 4 is 28.3 Å². The maximum Gasteiger partial charge on any atom is 0.0542 e. The second-order valence-corrected chi connectivity index (χ2v) is 7.00. The molecule has 2 aromatic carbocycles. The Labute approximate surface area is 134 Å². The third-order valence-electron chi connectivity index (χ3n) is 4.02. The van der Waals surface area contributed by atoms with Gasteiger partial charge in [-0.2, -0.15) is 0 Å². The van der Waals surface area contributed by atoms with Crippen molar-refractivity contribution < 1.29 is 0 Å². The van der Waals surface area contributed by atoms with Crippen LogP contribution in [0.15, 0.2) is 42.5 Å². The van der Waals surface area contributed by atoms with Crippen molar-refractivity contribution in [3.63, 3.8) is 0 Å². The summed E-state index contributed by atoms with van der Waals surface area (Å²) in [6.45, 7) is 4.30. The van der Waals surface area contributed by atoms with E-state index in [2.05, 4.69) is 84.2 Å². The van der Waals surface area contributed by atoms with Crippen molar-refractivity contribution in [3.05, 3.63) is 62.7 Å². The van der Waals surface area contributed by atoms with Crippen LogP contribution in [-0.4, -0.2) is 0 Å². The number of nitrogens with one attached hydrogen (secondary N) is 1. The molecule has 104 valence electrons. The van der Waals surface area contributed by atoms with Crippen LogP contribution in [0.2, 0.25) is 0 Å². The van der Waals surface area contributed by atoms with Gasteiger partial charge in [0.2, 0.25) is 0 Å². The molecule has 1 N–H and O–H groups in total. The Morgan fingerprint density at radius 2 is 1.75 bits per heavy atom. The van der Waals surface area contributed by atoms with Gasteiger partial charge in [-0.05, 0) is 78.5 Å². The lowest BCUT2D eigenvalue weighted by atomic mass is 10.0. The normalized spacial score (nSPS) is 15.9. The summed E-state index contributed by atoms with van der Waals surface area (Å²) in [5, 5.41) is 3.74. The van der Waals surface area contributed by atoms with Crippen LogP contribution in [0.5, 0.6) is 0 Å². The molecule has 3 rings (SSSR count). The molecule has 1 aliphatic carbocycles. The average Bonchev–Trinajstić information content (AvgIpc) is 3.26. The standard InChI is InChI=1S/C18H20IN/c1-12-3-6-14(7-4-12)18(15-8-9-15)20-16-10-5-13(2)17(19)11-16/h3-7,10-11,15,18,20H,8-9H2,1-2H3. The Hall–Kier alpha value is -1.03. The quantitative estimate of drug-likeness (QED) is 0.697. The second-order valence-electron chi connectivity index (χ2n) is 5.83. The highest BCUT2D eigenvalue weighted by molar-refractivity contribution is 14.1. The van der Waals surface area contributed by atoms with Crippen LogP contribution >= 0.6 is 22.6 Å². The highest BCUT2D eigenvalue weighted by Gasteiger charge is 2.32. The third kappa shape index (κ3) is 3.17. The van der Waals surface area contributed by atoms with E-state index in [0.717, 1.165) is 5.92 Å². The molecule has 0 aromatic heterocycles. The van der Waals surface area contributed by atoms with Gasteiger partial charge in [0.25, 0.3) is 0 Å². The van der Waals surface area contributed by atoms with Crippen LogP contribution in [0.4, 0.5) is 5.69 Å². The fourth-order valence-corrected chi connectivity index (χ4v) is 3.05. The van der Waals surface area contributed by atoms with E-state index in [-0.39, 0.29) is 0 Å². The minimum Gasteiger partial charge on any atom is -0.378 e. The molecule has 1 atom stereocenters. The number of halogens is 1. The lowest BCUT2D eigenvalue weighted by Crippen LogP contribution is -2.13. The van der Waals surface area contributed by atoms with Crippen LogP contribution in [0.25, 0.3) is 0 Å². The number of aryl methyl sites for hydroxylation is 2. The van der Waals surface area contributed by atoms with Gasteiger partial charge in [-0.25, -0.2) is 0 Å². The monoisotopic (exact) mass is 377 g/mol. The zero-order valence-corrected chi connectivity index (χ0v) is 14.1. The SMILES string of the molecule is Cc1ccc(C(Nc2ccc(C)c(I)c2)C2CC2)cc1. The van der Waals surface area contributed by atoms with Crippen molar-refractivity contribution in [1.29, 1.82) is 0 Å². The molecule has 2 heteroatoms. The molecule has 1 unspecified atom stereocenters. The predicted molar refractivity (Wildman–Crippen MR) is 94.2 cm³/mol. The molecule has 0 saturated heterocycles. The van der Waals surface area contributed by atoms with Gasteiger partial charge in [0.05, 0.1) is 6.04 Å². The summed E-state index contributed by atoms with van der Waals surface area (Å²) < 4.78 is 1.33. The van der Waals surface area contributed by atoms with Crippen LogP contribution in [-0.2, 0) is 0 Å². The van der Waals surface area contributed by atoms with Crippen LogP contribution in [0, 0.1) is 23.3 Å². The van der Waals surface area contributed by atoms with Crippen molar-refractivity contribution in [2.24, 2.45) is 5.92 Å². The van der Waals surface area contributed by atoms with Crippen LogP contribution in [0.1, 0.15) is 35.6 Å². The number of hydrogen-bond donors (Lipinski definition) is 1. The molecule has 0 spiro atoms. The number of hydrogen-bond acceptors (Lipinski definition) is 1. The van der Waals surface area contributed by atoms with Gasteiger partial charge >= 0.3 is 0 Å². The summed E-state index contributed by atoms with van der Waals surface area (Å²) in [6, 6.07) is 16.1. The average molecular weight is 377 g/mol. The summed E-state index contributed by atoms with van der Waals surface area (Å²) in [7, 11) is 0. The summed E-state index contributed by atoms with van der Waals surface area (Å²) in [5.74, 6) is 0.789. The van der Waals surface area contributed by atoms with Gasteiger partial charge in [-0.1, -0.05) is 35.9 Å². The topological polar surface area (TPSA) is 12.0 Å². The largest absolute Gasteiger partial charge is 0.378 e. The fourth-order valence-electron chi connectivity index (χ4n) is 2.54. The second kappa shape index (κ2) is 5.76. The molecule has 0 radical (unpaired) electrons. The molecular formula is C18H20IN. The first-order valence-corrected chi connectivity index (χ1v) is 8.30. The Morgan fingerprint density at radius 3 is 2.35 bits per heavy atom. The Kier molecular flexibility index (Phi) is 4.01. The van der Waals surface area contributed by atoms with Crippen molar-refractivity contribution in [2.75, 3.05) is 5.32 Å². The molecular weight excluding hydrogens is 357 g/mol. The number of rotatable bonds is 4. The minimum absolute atomic E-state index is 0.453. The first-order chi connectivity index (χ1) is 9.63. The molecule has 1 fully saturated rings. The first kappa shape index (κ1) is 13.9. The summed E-state index contributed by atoms with van der Waals surface area (Å²) in [4.78, 5) is 0. The molecule has 0 aliphatic heterocycles. The van der Waals surface area contributed by atoms with Gasteiger partial charge < -0.3 is 5.32 Å². The van der Waals surface area contributed by atoms with E-state index in [9.17, 15) is 0 Å². The maximum absolute atomic E-state index is 3.74. The first-order valence-electron chi connectivity index (χ1n) is 7.23. The third-order valence-corrected chi connectivity index (χ3v) is 5.19. The molecule has 0 heterocycles. The predicted octanol–water partition coefficient (Wildman–Crippen LogP) is 5.47. The van der Waals surface area contributed by atoms with Crippen LogP contribution in [0.3, 0.4) is 0 Å². The van der Waals surface area contributed by atoms with E-state index >= 15 is 0 Å². The number of anilines is 1. The van der Waals surface area contributed by atoms with Gasteiger partial charge in [0, 0.05) is 9.26 Å². The minimum atomic E-state index is 0.453. The highest BCUT2D eigenvalue weighted by Crippen LogP contribution is 2.43. The Bertz CT molecular complexity index is 599. The van der Waals surface area contributed by atoms with Crippen LogP contribution < -0.4 is 5.32 Å². The Morgan fingerprint density at radius 1 is 1.05 bits per heavy atom. The van der Waals surface area contributed by atoms with E-state index < -0.39 is 0 Å². The lowest BCUT2D eigenvalue weighted by Gasteiger charge is -2.21. The van der Waals surface area contributed by atoms with E-state index in [1.807, 2.05) is 0 Å². The molecule has 20 heavy (non-hydrogen) atoms. The van der Waals surface area contributed by atoms with Gasteiger partial charge in [-0.15, -0.1) is 0 Å². The Balaban J connectivity index is 1.84. The lowest BCUT2D eigenvalue weighted by molar-refractivity contribution is 0.679. The molecule has 0 bridgehead atoms. The molecule has 1 saturated carbocycles. The van der Waals surface area contributed by atoms with E-state index in [4.69, 9.17) is 0 Å². The maximum atomic E-state index is 3.74. The smallest absolute Gasteiger partial charge is 0.0542 e. The fraction of sp³-hybridized carbons (Fsp3) is 0.333. The number of benzene rings is 2. The van der Waals surface area contributed by atoms with Gasteiger partial charge in [0.15, 0.2) is 0 Å².